The van der Waals surface area contributed by atoms with Crippen molar-refractivity contribution in [3.8, 4) is 11.1 Å². The van der Waals surface area contributed by atoms with Crippen LogP contribution in [0.2, 0.25) is 0 Å². The van der Waals surface area contributed by atoms with E-state index in [1.807, 2.05) is 0 Å². The predicted octanol–water partition coefficient (Wildman–Crippen LogP) is 8.71. The van der Waals surface area contributed by atoms with Crippen LogP contribution in [0.25, 0.3) is 22.0 Å². The molecule has 0 atom stereocenters. The first-order valence-electron chi connectivity index (χ1n) is 31.6. The van der Waals surface area contributed by atoms with E-state index in [0.717, 1.165) is 0 Å². The Bertz CT molecular complexity index is 3760. The predicted molar refractivity (Wildman–Crippen MR) is 198 cm³/mol. The van der Waals surface area contributed by atoms with E-state index in [1.54, 1.807) is 0 Å². The highest BCUT2D eigenvalue weighted by molar-refractivity contribution is 7.98. The Labute approximate surface area is 358 Å². The van der Waals surface area contributed by atoms with Crippen LogP contribution in [0.4, 0.5) is 22.0 Å². The number of ether oxygens (including phenoxy) is 1. The largest absolute Gasteiger partial charge is 0.416 e. The fourth-order valence-corrected chi connectivity index (χ4v) is 5.10. The number of amides is 1. The third-order valence-electron chi connectivity index (χ3n) is 6.54. The number of para-hydroxylation sites is 1. The van der Waals surface area contributed by atoms with E-state index in [-0.39, 0.29) is 11.8 Å². The average Bonchev–Trinajstić information content (AvgIpc) is 0.655. The van der Waals surface area contributed by atoms with Gasteiger partial charge in [-0.15, -0.1) is 11.8 Å². The zero-order chi connectivity index (χ0) is 68.5. The summed E-state index contributed by atoms with van der Waals surface area (Å²) in [5.74, 6) is -8.98. The second-order valence-corrected chi connectivity index (χ2v) is 10.9. The summed E-state index contributed by atoms with van der Waals surface area (Å²) >= 11 is -0.370. The molecule has 1 fully saturated rings. The van der Waals surface area contributed by atoms with Gasteiger partial charge in [-0.2, -0.15) is 13.2 Å². The van der Waals surface area contributed by atoms with Crippen LogP contribution in [0, 0.1) is 18.6 Å². The van der Waals surface area contributed by atoms with Gasteiger partial charge in [-0.1, -0.05) is 60.4 Å². The van der Waals surface area contributed by atoms with Gasteiger partial charge in [0.15, 0.2) is 17.1 Å². The number of likely N-dealkylation sites (tertiary alicyclic amines) is 1. The number of rotatable bonds is 12. The van der Waals surface area contributed by atoms with Crippen LogP contribution in [-0.4, -0.2) is 59.4 Å². The highest BCUT2D eigenvalue weighted by Crippen LogP contribution is 2.34. The summed E-state index contributed by atoms with van der Waals surface area (Å²) in [5, 5.41) is -3.13. The lowest BCUT2D eigenvalue weighted by Gasteiger charge is -2.39. The van der Waals surface area contributed by atoms with Crippen LogP contribution < -0.4 is 5.43 Å². The molecule has 12 heteroatoms. The Balaban J connectivity index is 1.87. The summed E-state index contributed by atoms with van der Waals surface area (Å²) in [6, 6.07) is -30.1. The standard InChI is InChI=1S/C41H40F5N3O3S/c1-27-22-30(14-15-34(27)41(44,45)46)29-12-10-28(11-13-29)24-48(32-16-18-47(19-17-32)20-21-52-2)38(51)25-49-36-9-4-3-7-33(36)37(50)23-39(49)53-26-31-6-5-8-35(42)40(31)43/h3-15,22-23,32H,16-21,24-26H2,1-2H3/i2D3,3D,4D,5D,6D,7D,8D,9D,10D,11D,12D,13D,14D,15D,16D2,17D2,18D2,19D2,20D2,21D2,22D,23D,24D2,25D2,32D. The summed E-state index contributed by atoms with van der Waals surface area (Å²) in [7, 11) is -4.09. The number of carbonyl (C=O) groups is 1. The molecular weight excluding hydrogens is 710 g/mol. The number of benzene rings is 4. The van der Waals surface area contributed by atoms with E-state index in [0.29, 0.717) is 6.92 Å². The summed E-state index contributed by atoms with van der Waals surface area (Å²) in [6.07, 6.45) is -16.3. The highest BCUT2D eigenvalue weighted by atomic mass is 32.2. The minimum absolute atomic E-state index is 0.370. The maximum Gasteiger partial charge on any atom is 0.416 e. The minimum Gasteiger partial charge on any atom is -0.383 e. The molecule has 0 N–H and O–H groups in total. The van der Waals surface area contributed by atoms with E-state index in [9.17, 15) is 34.7 Å². The van der Waals surface area contributed by atoms with Crippen LogP contribution in [0.3, 0.4) is 0 Å². The molecule has 6 rings (SSSR count). The molecular formula is C41H40F5N3O3S. The van der Waals surface area contributed by atoms with Gasteiger partial charge in [-0.3, -0.25) is 9.59 Å². The first-order valence-corrected chi connectivity index (χ1v) is 15.1. The summed E-state index contributed by atoms with van der Waals surface area (Å²) in [5.41, 5.74) is -12.9. The van der Waals surface area contributed by atoms with Crippen molar-refractivity contribution in [1.82, 2.24) is 14.4 Å². The summed E-state index contributed by atoms with van der Waals surface area (Å²) in [6.45, 7) is -29.7. The molecule has 4 aromatic carbocycles. The number of pyridine rings is 1. The van der Waals surface area contributed by atoms with Gasteiger partial charge < -0.3 is 19.1 Å². The van der Waals surface area contributed by atoms with Crippen molar-refractivity contribution in [2.24, 2.45) is 0 Å². The number of alkyl halides is 3. The van der Waals surface area contributed by atoms with Crippen LogP contribution in [0.1, 0.15) is 83.0 Å². The number of carbonyl (C=O) groups excluding carboxylic acids is 1. The Hall–Kier alpha value is -4.52. The van der Waals surface area contributed by atoms with Gasteiger partial charge in [0.25, 0.3) is 0 Å². The molecule has 0 bridgehead atoms. The Morgan fingerprint density at radius 2 is 1.77 bits per heavy atom. The molecule has 1 amide bonds. The van der Waals surface area contributed by atoms with Crippen molar-refractivity contribution in [2.45, 2.75) is 55.6 Å². The highest BCUT2D eigenvalue weighted by Gasteiger charge is 2.32. The molecule has 0 saturated carbocycles. The number of aromatic nitrogens is 1. The van der Waals surface area contributed by atoms with Crippen LogP contribution in [0.15, 0.2) is 100 Å². The molecule has 5 aromatic rings. The topological polar surface area (TPSA) is 54.8 Å². The average molecular weight is 785 g/mol. The Morgan fingerprint density at radius 3 is 2.51 bits per heavy atom. The number of fused-ring (bicyclic) bond motifs is 1. The molecule has 0 aliphatic carbocycles. The SMILES string of the molecule is [2H]c1c([2H])c(F)c(F)c(CSc2c([2H])c(=O)c3c([2H])c([2H])c([2H])c([2H])c3n2C([2H])([2H])C(=O)N(C([2H])([2H])c2c([2H])c([2H])c(-c3c([2H])c([2H])c(C(F)(F)F)c(C)c3[2H])c([2H])c2[2H])C2([2H])C([2H])([2H])C([2H])([2H])N(C([2H])([2H])C([2H])([2H])OC([2H])([2H])[2H])C([2H])([2H])C2([2H])[2H])c1[2H]. The number of hydrogen-bond acceptors (Lipinski definition) is 5. The maximum atomic E-state index is 16.1. The lowest BCUT2D eigenvalue weighted by atomic mass is 9.98. The van der Waals surface area contributed by atoms with Gasteiger partial charge in [-0.25, -0.2) is 8.78 Å². The third-order valence-corrected chi connectivity index (χ3v) is 7.53. The fraction of sp³-hybridized carbons (Fsp3) is 0.317. The summed E-state index contributed by atoms with van der Waals surface area (Å²) < 4.78 is 382. The van der Waals surface area contributed by atoms with Gasteiger partial charge in [0.05, 0.1) is 56.9 Å². The smallest absolute Gasteiger partial charge is 0.383 e. The van der Waals surface area contributed by atoms with E-state index in [2.05, 4.69) is 4.74 Å². The zero-order valence-electron chi connectivity index (χ0n) is 61.1. The monoisotopic (exact) mass is 784 g/mol. The summed E-state index contributed by atoms with van der Waals surface area (Å²) in [4.78, 5) is 27.4. The molecule has 0 unspecified atom stereocenters. The molecule has 53 heavy (non-hydrogen) atoms. The van der Waals surface area contributed by atoms with Gasteiger partial charge in [0.1, 0.15) is 6.50 Å². The van der Waals surface area contributed by atoms with Crippen molar-refractivity contribution in [3.05, 3.63) is 135 Å². The normalized spacial score (nSPS) is 29.4. The van der Waals surface area contributed by atoms with E-state index in [4.69, 9.17) is 35.6 Å². The number of hydrogen-bond donors (Lipinski definition) is 0. The minimum atomic E-state index is -5.60. The van der Waals surface area contributed by atoms with E-state index < -0.39 is 254 Å². The number of piperidine rings is 1. The Kier molecular flexibility index (Phi) is 4.39. The molecule has 1 aromatic heterocycles. The lowest BCUT2D eigenvalue weighted by Crippen LogP contribution is -2.48. The first-order chi connectivity index (χ1) is 39.3. The molecule has 0 radical (unpaired) electrons. The molecule has 0 spiro atoms. The number of methoxy groups -OCH3 is 1. The second-order valence-electron chi connectivity index (χ2n) is 9.92. The van der Waals surface area contributed by atoms with Crippen LogP contribution in [-0.2, 0) is 34.5 Å². The van der Waals surface area contributed by atoms with E-state index in [1.165, 1.54) is 0 Å². The molecule has 1 saturated heterocycles. The molecule has 2 heterocycles. The molecule has 6 nitrogen and oxygen atoms in total. The third kappa shape index (κ3) is 9.00. The zero-order valence-corrected chi connectivity index (χ0v) is 26.9. The van der Waals surface area contributed by atoms with Gasteiger partial charge >= 0.3 is 6.18 Å². The number of halogens is 5. The molecule has 1 aliphatic heterocycles. The number of nitrogens with zero attached hydrogens (tertiary/aromatic N) is 3. The molecule has 1 aliphatic rings. The first kappa shape index (κ1) is 14.0. The van der Waals surface area contributed by atoms with Crippen molar-refractivity contribution in [2.75, 3.05) is 33.1 Å². The number of thioether (sulfide) groups is 1. The lowest BCUT2D eigenvalue weighted by molar-refractivity contribution is -0.138. The quantitative estimate of drug-likeness (QED) is 0.0937. The van der Waals surface area contributed by atoms with Gasteiger partial charge in [0, 0.05) is 75.5 Å². The van der Waals surface area contributed by atoms with Crippen molar-refractivity contribution < 1.29 is 79.5 Å². The Morgan fingerprint density at radius 1 is 1.04 bits per heavy atom. The van der Waals surface area contributed by atoms with Gasteiger partial charge in [-0.05, 0) is 66.1 Å². The van der Waals surface area contributed by atoms with E-state index >= 15 is 9.18 Å². The second kappa shape index (κ2) is 16.7. The van der Waals surface area contributed by atoms with Crippen molar-refractivity contribution in [1.29, 1.82) is 0 Å². The molecule has 278 valence electrons. The van der Waals surface area contributed by atoms with Crippen molar-refractivity contribution in [3.63, 3.8) is 0 Å². The van der Waals surface area contributed by atoms with Crippen LogP contribution >= 0.6 is 11.8 Å². The van der Waals surface area contributed by atoms with Crippen LogP contribution in [0.5, 0.6) is 0 Å². The van der Waals surface area contributed by atoms with Gasteiger partial charge in [0.2, 0.25) is 5.91 Å². The van der Waals surface area contributed by atoms with Crippen molar-refractivity contribution >= 4 is 28.6 Å². The maximum absolute atomic E-state index is 16.1. The fourth-order valence-electron chi connectivity index (χ4n) is 4.19.